The zero-order chi connectivity index (χ0) is 84.8. The minimum absolute atomic E-state index is 0.0186. The molecule has 0 unspecified atom stereocenters. The topological polar surface area (TPSA) is 0 Å². The van der Waals surface area contributed by atoms with Crippen LogP contribution in [0.5, 0.6) is 0 Å². The Morgan fingerprint density at radius 2 is 0.431 bits per heavy atom. The predicted octanol–water partition coefficient (Wildman–Crippen LogP) is 34.7. The van der Waals surface area contributed by atoms with Crippen molar-refractivity contribution < 1.29 is 35.1 Å². The normalized spacial score (nSPS) is 18.4. The molecule has 0 amide bonds. The summed E-state index contributed by atoms with van der Waals surface area (Å²) in [5.41, 5.74) is 18.2. The second-order valence-corrected chi connectivity index (χ2v) is 41.9. The second-order valence-electron chi connectivity index (χ2n) is 41.9. The number of aryl methyl sites for hydroxylation is 5. The molecule has 0 heterocycles. The van der Waals surface area contributed by atoms with Crippen LogP contribution in [0.15, 0.2) is 152 Å². The Kier molecular flexibility index (Phi) is 26.7. The molecule has 626 valence electrons. The largest absolute Gasteiger partial charge is 0.403 e. The molecule has 10 aromatic rings. The van der Waals surface area contributed by atoms with Crippen LogP contribution in [-0.2, 0) is 27.1 Å². The van der Waals surface area contributed by atoms with Crippen LogP contribution in [0, 0.1) is 45.4 Å². The Balaban J connectivity index is 0.000000143. The Bertz CT molecular complexity index is 4910. The van der Waals surface area contributed by atoms with E-state index in [1.165, 1.54) is 177 Å². The van der Waals surface area contributed by atoms with E-state index in [2.05, 4.69) is 267 Å². The first-order valence-corrected chi connectivity index (χ1v) is 44.2. The molecule has 0 bridgehead atoms. The fraction of sp³-hybridized carbons (Fsp3) is 0.537. The minimum Gasteiger partial charge on any atom is -0.207 e. The van der Waals surface area contributed by atoms with Crippen molar-refractivity contribution in [2.24, 2.45) is 10.8 Å². The van der Waals surface area contributed by atoms with E-state index in [1.54, 1.807) is 16.7 Å². The average Bonchev–Trinajstić information content (AvgIpc) is 0.802. The van der Waals surface area contributed by atoms with Crippen molar-refractivity contribution in [1.82, 2.24) is 0 Å². The highest BCUT2D eigenvalue weighted by Gasteiger charge is 2.70. The smallest absolute Gasteiger partial charge is 0.207 e. The van der Waals surface area contributed by atoms with Crippen LogP contribution in [0.2, 0.25) is 0 Å². The van der Waals surface area contributed by atoms with Crippen LogP contribution < -0.4 is 0 Å². The first-order valence-electron chi connectivity index (χ1n) is 44.2. The van der Waals surface area contributed by atoms with E-state index in [1.807, 2.05) is 37.3 Å². The zero-order valence-electron chi connectivity index (χ0n) is 74.7. The van der Waals surface area contributed by atoms with Crippen LogP contribution >= 0.6 is 0 Å². The number of rotatable bonds is 5. The Hall–Kier alpha value is -7.06. The van der Waals surface area contributed by atoms with E-state index in [0.717, 1.165) is 45.2 Å². The standard InChI is InChI=1S/C23H26F6.C23H32.C21H26F2.C21H28.C20H26/c1-14-16-7-5-6-8-17(16)18(13-19(14)20(2,3)4)15-9-11-21(12-10-15,22(24,25)26)23(27,28)29;1-16-18-9-7-8-10-19(18)20(15-21(16)22(2,3)4)17-11-13-23(5,6)14-12-17;1-14-16-7-5-6-8-17(16)18(13-19(14)20(2,3)4)15-9-11-21(22,23)12-10-15;1-15-17-12-8-9-13-18(17)19(14-20(15)21(2,3)4)16-10-6-5-7-11-16;1-14-16-11-7-8-12-17(16)18(15-9-5-6-10-15)13-19(14)20(2,3)4/h5-8,13,15H,9-12H2,1-4H3;7-10,15,17H,11-14H2,1-6H3;5-8,13,15H,9-12H2,1-4H3;8-9,12-14,16H,5-7,10-11H2,1-4H3;7-8,11-13,15H,5-6,9-10H2,1-4H3. The van der Waals surface area contributed by atoms with Crippen LogP contribution in [-0.4, -0.2) is 18.3 Å². The summed E-state index contributed by atoms with van der Waals surface area (Å²) >= 11 is 0. The molecule has 0 nitrogen and oxygen atoms in total. The molecule has 0 spiro atoms. The van der Waals surface area contributed by atoms with E-state index in [-0.39, 0.29) is 64.6 Å². The third-order valence-corrected chi connectivity index (χ3v) is 27.9. The van der Waals surface area contributed by atoms with Gasteiger partial charge in [-0.25, -0.2) is 8.78 Å². The Labute approximate surface area is 693 Å². The molecular formula is C108H138F8. The summed E-state index contributed by atoms with van der Waals surface area (Å²) in [6, 6.07) is 55.1. The predicted molar refractivity (Wildman–Crippen MR) is 481 cm³/mol. The third kappa shape index (κ3) is 19.7. The molecule has 0 N–H and O–H groups in total. The van der Waals surface area contributed by atoms with Crippen LogP contribution in [0.4, 0.5) is 35.1 Å². The van der Waals surface area contributed by atoms with E-state index < -0.39 is 36.5 Å². The molecule has 0 radical (unpaired) electrons. The summed E-state index contributed by atoms with van der Waals surface area (Å²) in [6.45, 7) is 49.9. The summed E-state index contributed by atoms with van der Waals surface area (Å²) < 4.78 is 108. The van der Waals surface area contributed by atoms with Gasteiger partial charge in [0.05, 0.1) is 0 Å². The van der Waals surface area contributed by atoms with Crippen molar-refractivity contribution in [1.29, 1.82) is 0 Å². The lowest BCUT2D eigenvalue weighted by atomic mass is 9.66. The van der Waals surface area contributed by atoms with E-state index in [4.69, 9.17) is 0 Å². The maximum absolute atomic E-state index is 13.5. The van der Waals surface area contributed by atoms with Gasteiger partial charge < -0.3 is 0 Å². The van der Waals surface area contributed by atoms with Gasteiger partial charge in [-0.2, -0.15) is 26.3 Å². The molecule has 15 rings (SSSR count). The van der Waals surface area contributed by atoms with Crippen LogP contribution in [0.1, 0.15) is 366 Å². The number of hydrogen-bond acceptors (Lipinski definition) is 0. The summed E-state index contributed by atoms with van der Waals surface area (Å²) in [4.78, 5) is 0. The van der Waals surface area contributed by atoms with Gasteiger partial charge in [0.25, 0.3) is 0 Å². The number of fused-ring (bicyclic) bond motifs is 5. The quantitative estimate of drug-likeness (QED) is 0.151. The minimum atomic E-state index is -5.29. The molecule has 5 saturated carbocycles. The highest BCUT2D eigenvalue weighted by Crippen LogP contribution is 2.61. The van der Waals surface area contributed by atoms with Gasteiger partial charge in [0.15, 0.2) is 5.41 Å². The summed E-state index contributed by atoms with van der Waals surface area (Å²) in [5, 5.41) is 13.3. The molecule has 10 aromatic carbocycles. The van der Waals surface area contributed by atoms with E-state index in [0.29, 0.717) is 18.3 Å². The van der Waals surface area contributed by atoms with E-state index >= 15 is 0 Å². The monoisotopic (exact) mass is 1590 g/mol. The first-order chi connectivity index (χ1) is 54.0. The van der Waals surface area contributed by atoms with Gasteiger partial charge in [0, 0.05) is 12.8 Å². The lowest BCUT2D eigenvalue weighted by molar-refractivity contribution is -0.350. The summed E-state index contributed by atoms with van der Waals surface area (Å²) in [5.74, 6) is -0.258. The maximum Gasteiger partial charge on any atom is 0.403 e. The van der Waals surface area contributed by atoms with Crippen molar-refractivity contribution in [3.8, 4) is 0 Å². The zero-order valence-corrected chi connectivity index (χ0v) is 74.7. The summed E-state index contributed by atoms with van der Waals surface area (Å²) in [7, 11) is 0. The fourth-order valence-corrected chi connectivity index (χ4v) is 21.2. The molecule has 5 aliphatic carbocycles. The number of alkyl halides is 8. The van der Waals surface area contributed by atoms with Gasteiger partial charge in [-0.15, -0.1) is 0 Å². The van der Waals surface area contributed by atoms with Gasteiger partial charge in [0.1, 0.15) is 0 Å². The van der Waals surface area contributed by atoms with Gasteiger partial charge in [-0.05, 0) is 324 Å². The molecule has 0 saturated heterocycles. The lowest BCUT2D eigenvalue weighted by Crippen LogP contribution is -2.51. The number of hydrogen-bond donors (Lipinski definition) is 0. The number of halogens is 8. The third-order valence-electron chi connectivity index (χ3n) is 27.9. The average molecular weight is 1590 g/mol. The van der Waals surface area contributed by atoms with Crippen molar-refractivity contribution in [2.75, 3.05) is 0 Å². The second kappa shape index (κ2) is 34.6. The van der Waals surface area contributed by atoms with Crippen molar-refractivity contribution in [2.45, 2.75) is 362 Å². The van der Waals surface area contributed by atoms with Crippen molar-refractivity contribution in [3.63, 3.8) is 0 Å². The molecule has 0 atom stereocenters. The summed E-state index contributed by atoms with van der Waals surface area (Å²) in [6.07, 6.45) is 6.42. The highest BCUT2D eigenvalue weighted by molar-refractivity contribution is 5.94. The van der Waals surface area contributed by atoms with Gasteiger partial charge in [0.2, 0.25) is 5.92 Å². The molecule has 0 aliphatic heterocycles. The van der Waals surface area contributed by atoms with Crippen LogP contribution in [0.3, 0.4) is 0 Å². The SMILES string of the molecule is Cc1c(C(C)(C)C)cc(C2CCC(C(F)(F)F)(C(F)(F)F)CC2)c2ccccc12.Cc1c(C(C)(C)C)cc(C2CCC(C)(C)CC2)c2ccccc12.Cc1c(C(C)(C)C)cc(C2CCC(F)(F)CC2)c2ccccc12.Cc1c(C(C)(C)C)cc(C2CCCC2)c2ccccc12.Cc1c(C(C)(C)C)cc(C2CCCCC2)c2ccccc12. The number of benzene rings is 10. The Morgan fingerprint density at radius 1 is 0.250 bits per heavy atom. The lowest BCUT2D eigenvalue weighted by Gasteiger charge is -2.42. The van der Waals surface area contributed by atoms with Gasteiger partial charge >= 0.3 is 12.4 Å². The molecule has 5 aliphatic rings. The van der Waals surface area contributed by atoms with Crippen molar-refractivity contribution in [3.05, 3.63) is 235 Å². The fourth-order valence-electron chi connectivity index (χ4n) is 21.2. The van der Waals surface area contributed by atoms with E-state index in [9.17, 15) is 35.1 Å². The molecular weight excluding hydrogens is 1450 g/mol. The maximum atomic E-state index is 13.5. The van der Waals surface area contributed by atoms with Gasteiger partial charge in [-0.1, -0.05) is 301 Å². The molecule has 116 heavy (non-hydrogen) atoms. The van der Waals surface area contributed by atoms with Crippen LogP contribution in [0.25, 0.3) is 53.9 Å². The molecule has 8 heteroatoms. The van der Waals surface area contributed by atoms with Gasteiger partial charge in [-0.3, -0.25) is 0 Å². The first kappa shape index (κ1) is 89.7. The highest BCUT2D eigenvalue weighted by atomic mass is 19.4. The molecule has 5 fully saturated rings. The molecule has 0 aromatic heterocycles. The Morgan fingerprint density at radius 3 is 0.638 bits per heavy atom. The van der Waals surface area contributed by atoms with Crippen molar-refractivity contribution >= 4 is 53.9 Å².